The van der Waals surface area contributed by atoms with E-state index in [9.17, 15) is 18.0 Å². The van der Waals surface area contributed by atoms with Crippen LogP contribution in [-0.4, -0.2) is 50.8 Å². The van der Waals surface area contributed by atoms with Crippen LogP contribution in [0.2, 0.25) is 0 Å². The zero-order valence-electron chi connectivity index (χ0n) is 17.4. The Kier molecular flexibility index (Phi) is 8.05. The van der Waals surface area contributed by atoms with E-state index in [1.165, 1.54) is 15.6 Å². The van der Waals surface area contributed by atoms with Crippen LogP contribution in [0.4, 0.5) is 0 Å². The number of methoxy groups -OCH3 is 1. The summed E-state index contributed by atoms with van der Waals surface area (Å²) in [4.78, 5) is 24.1. The molecule has 1 aliphatic heterocycles. The van der Waals surface area contributed by atoms with Crippen molar-refractivity contribution in [2.45, 2.75) is 42.5 Å². The Labute approximate surface area is 186 Å². The molecule has 0 unspecified atom stereocenters. The number of amides is 2. The molecule has 2 amide bonds. The van der Waals surface area contributed by atoms with Crippen molar-refractivity contribution in [1.29, 1.82) is 0 Å². The molecule has 2 N–H and O–H groups in total. The lowest BCUT2D eigenvalue weighted by atomic mass is 10.0. The minimum Gasteiger partial charge on any atom is -0.497 e. The topological polar surface area (TPSA) is 105 Å². The summed E-state index contributed by atoms with van der Waals surface area (Å²) >= 11 is 1.20. The maximum atomic E-state index is 12.9. The van der Waals surface area contributed by atoms with Crippen LogP contribution in [-0.2, 0) is 26.2 Å². The van der Waals surface area contributed by atoms with Crippen molar-refractivity contribution >= 4 is 33.2 Å². The average Bonchev–Trinajstić information content (AvgIpc) is 3.34. The molecule has 1 aromatic heterocycles. The van der Waals surface area contributed by atoms with Gasteiger partial charge in [-0.2, -0.15) is 4.31 Å². The van der Waals surface area contributed by atoms with Crippen molar-refractivity contribution in [3.63, 3.8) is 0 Å². The lowest BCUT2D eigenvalue weighted by Crippen LogP contribution is -2.46. The predicted octanol–water partition coefficient (Wildman–Crippen LogP) is 2.12. The summed E-state index contributed by atoms with van der Waals surface area (Å²) in [5.41, 5.74) is 0.846. The fraction of sp³-hybridized carbons (Fsp3) is 0.429. The number of rotatable bonds is 8. The Morgan fingerprint density at radius 2 is 1.87 bits per heavy atom. The number of ether oxygens (including phenoxy) is 1. The van der Waals surface area contributed by atoms with Crippen LogP contribution in [0.3, 0.4) is 0 Å². The summed E-state index contributed by atoms with van der Waals surface area (Å²) in [6.45, 7) is 0.933. The molecule has 0 saturated carbocycles. The first-order chi connectivity index (χ1) is 14.9. The van der Waals surface area contributed by atoms with Gasteiger partial charge >= 0.3 is 11.8 Å². The van der Waals surface area contributed by atoms with Crippen LogP contribution in [0.25, 0.3) is 0 Å². The molecule has 1 fully saturated rings. The minimum atomic E-state index is -3.53. The Hall–Kier alpha value is -2.43. The van der Waals surface area contributed by atoms with Gasteiger partial charge in [0.05, 0.1) is 7.11 Å². The van der Waals surface area contributed by atoms with Gasteiger partial charge in [-0.05, 0) is 48.4 Å². The second kappa shape index (κ2) is 10.7. The van der Waals surface area contributed by atoms with E-state index in [2.05, 4.69) is 10.6 Å². The Bertz CT molecular complexity index is 975. The maximum Gasteiger partial charge on any atom is 0.309 e. The standard InChI is InChI=1S/C21H27N3O5S2/c1-29-18-9-7-16(8-10-18)15-23-21(26)20(25)22-12-11-17-5-2-3-13-24(17)31(27,28)19-6-4-14-30-19/h4,6-10,14,17H,2-3,5,11-13,15H2,1H3,(H,22,25)(H,23,26)/t17-/m1/s1. The van der Waals surface area contributed by atoms with Crippen LogP contribution in [0.1, 0.15) is 31.2 Å². The van der Waals surface area contributed by atoms with E-state index >= 15 is 0 Å². The smallest absolute Gasteiger partial charge is 0.309 e. The van der Waals surface area contributed by atoms with Gasteiger partial charge in [-0.3, -0.25) is 9.59 Å². The highest BCUT2D eigenvalue weighted by Crippen LogP contribution is 2.29. The molecule has 2 heterocycles. The molecule has 10 heteroatoms. The highest BCUT2D eigenvalue weighted by atomic mass is 32.2. The monoisotopic (exact) mass is 465 g/mol. The van der Waals surface area contributed by atoms with Crippen LogP contribution in [0.15, 0.2) is 46.0 Å². The SMILES string of the molecule is COc1ccc(CNC(=O)C(=O)NCC[C@H]2CCCCN2S(=O)(=O)c2cccs2)cc1. The number of benzene rings is 1. The first-order valence-corrected chi connectivity index (χ1v) is 12.5. The van der Waals surface area contributed by atoms with Crippen molar-refractivity contribution in [2.75, 3.05) is 20.2 Å². The summed E-state index contributed by atoms with van der Waals surface area (Å²) in [6, 6.07) is 10.3. The van der Waals surface area contributed by atoms with Gasteiger partial charge in [0, 0.05) is 25.7 Å². The molecule has 31 heavy (non-hydrogen) atoms. The van der Waals surface area contributed by atoms with Gasteiger partial charge in [0.1, 0.15) is 9.96 Å². The predicted molar refractivity (Wildman–Crippen MR) is 118 cm³/mol. The first-order valence-electron chi connectivity index (χ1n) is 10.2. The normalized spacial score (nSPS) is 17.1. The number of sulfonamides is 1. The van der Waals surface area contributed by atoms with Crippen LogP contribution in [0.5, 0.6) is 5.75 Å². The molecule has 1 saturated heterocycles. The minimum absolute atomic E-state index is 0.191. The molecule has 1 aromatic carbocycles. The number of nitrogens with zero attached hydrogens (tertiary/aromatic N) is 1. The third-order valence-electron chi connectivity index (χ3n) is 5.21. The summed E-state index contributed by atoms with van der Waals surface area (Å²) in [7, 11) is -1.95. The average molecular weight is 466 g/mol. The largest absolute Gasteiger partial charge is 0.497 e. The molecule has 2 aromatic rings. The quantitative estimate of drug-likeness (QED) is 0.581. The second-order valence-corrected chi connectivity index (χ2v) is 10.3. The van der Waals surface area contributed by atoms with Crippen molar-refractivity contribution in [3.8, 4) is 5.75 Å². The molecule has 1 aliphatic rings. The Morgan fingerprint density at radius 3 is 2.55 bits per heavy atom. The summed E-state index contributed by atoms with van der Waals surface area (Å²) in [5.74, 6) is -0.731. The lowest BCUT2D eigenvalue weighted by molar-refractivity contribution is -0.139. The van der Waals surface area contributed by atoms with Gasteiger partial charge in [-0.25, -0.2) is 8.42 Å². The van der Waals surface area contributed by atoms with Crippen LogP contribution in [0, 0.1) is 0 Å². The van der Waals surface area contributed by atoms with E-state index < -0.39 is 21.8 Å². The molecule has 168 valence electrons. The number of carbonyl (C=O) groups excluding carboxylic acids is 2. The molecule has 0 spiro atoms. The van der Waals surface area contributed by atoms with Gasteiger partial charge in [-0.1, -0.05) is 24.6 Å². The number of hydrogen-bond acceptors (Lipinski definition) is 6. The molecule has 0 bridgehead atoms. The number of nitrogens with one attached hydrogen (secondary N) is 2. The molecular weight excluding hydrogens is 438 g/mol. The van der Waals surface area contributed by atoms with Gasteiger partial charge in [0.25, 0.3) is 10.0 Å². The summed E-state index contributed by atoms with van der Waals surface area (Å²) < 4.78 is 32.8. The summed E-state index contributed by atoms with van der Waals surface area (Å²) in [5, 5.41) is 6.93. The van der Waals surface area contributed by atoms with E-state index in [4.69, 9.17) is 4.74 Å². The zero-order valence-corrected chi connectivity index (χ0v) is 19.0. The lowest BCUT2D eigenvalue weighted by Gasteiger charge is -2.34. The zero-order chi connectivity index (χ0) is 22.3. The van der Waals surface area contributed by atoms with Crippen LogP contribution >= 0.6 is 11.3 Å². The van der Waals surface area contributed by atoms with E-state index in [0.29, 0.717) is 22.9 Å². The number of piperidine rings is 1. The molecule has 0 radical (unpaired) electrons. The highest BCUT2D eigenvalue weighted by Gasteiger charge is 2.33. The number of carbonyl (C=O) groups is 2. The molecule has 8 nitrogen and oxygen atoms in total. The third-order valence-corrected chi connectivity index (χ3v) is 8.54. The number of hydrogen-bond donors (Lipinski definition) is 2. The molecule has 1 atom stereocenters. The van der Waals surface area contributed by atoms with E-state index in [-0.39, 0.29) is 19.1 Å². The van der Waals surface area contributed by atoms with Crippen molar-refractivity contribution in [1.82, 2.24) is 14.9 Å². The fourth-order valence-electron chi connectivity index (χ4n) is 3.54. The van der Waals surface area contributed by atoms with Gasteiger partial charge in [-0.15, -0.1) is 11.3 Å². The fourth-order valence-corrected chi connectivity index (χ4v) is 6.39. The van der Waals surface area contributed by atoms with Crippen LogP contribution < -0.4 is 15.4 Å². The number of thiophene rings is 1. The van der Waals surface area contributed by atoms with E-state index in [1.54, 1.807) is 36.8 Å². The first kappa shape index (κ1) is 23.2. The van der Waals surface area contributed by atoms with Gasteiger partial charge < -0.3 is 15.4 Å². The van der Waals surface area contributed by atoms with Crippen molar-refractivity contribution < 1.29 is 22.7 Å². The van der Waals surface area contributed by atoms with Gasteiger partial charge in [0.15, 0.2) is 0 Å². The van der Waals surface area contributed by atoms with Crippen molar-refractivity contribution in [2.24, 2.45) is 0 Å². The molecular formula is C21H27N3O5S2. The van der Waals surface area contributed by atoms with Crippen molar-refractivity contribution in [3.05, 3.63) is 47.3 Å². The molecule has 3 rings (SSSR count). The molecule has 0 aliphatic carbocycles. The van der Waals surface area contributed by atoms with E-state index in [1.807, 2.05) is 12.1 Å². The maximum absolute atomic E-state index is 12.9. The third kappa shape index (κ3) is 6.05. The highest BCUT2D eigenvalue weighted by molar-refractivity contribution is 7.91. The van der Waals surface area contributed by atoms with Gasteiger partial charge in [0.2, 0.25) is 0 Å². The summed E-state index contributed by atoms with van der Waals surface area (Å²) in [6.07, 6.45) is 2.96. The van der Waals surface area contributed by atoms with E-state index in [0.717, 1.165) is 24.8 Å². The Balaban J connectivity index is 1.47. The second-order valence-electron chi connectivity index (χ2n) is 7.27. The Morgan fingerprint density at radius 1 is 1.13 bits per heavy atom.